The first kappa shape index (κ1) is 16.1. The summed E-state index contributed by atoms with van der Waals surface area (Å²) in [6.07, 6.45) is 0. The molecule has 0 amide bonds. The van der Waals surface area contributed by atoms with Gasteiger partial charge >= 0.3 is 0 Å². The molecule has 1 aliphatic carbocycles. The number of nitro benzene ring substituents is 1. The Balaban J connectivity index is 1.93. The lowest BCUT2D eigenvalue weighted by Crippen LogP contribution is -2.16. The first-order valence-corrected chi connectivity index (χ1v) is 8.64. The van der Waals surface area contributed by atoms with Crippen LogP contribution in [0.5, 0.6) is 0 Å². The molecule has 0 fully saturated rings. The van der Waals surface area contributed by atoms with Gasteiger partial charge in [-0.3, -0.25) is 19.7 Å². The largest absolute Gasteiger partial charge is 0.321 e. The lowest BCUT2D eigenvalue weighted by Gasteiger charge is -2.22. The van der Waals surface area contributed by atoms with Gasteiger partial charge in [0.05, 0.1) is 10.6 Å². The number of pyridine rings is 1. The normalized spacial score (nSPS) is 12.1. The number of hydrogen-bond acceptors (Lipinski definition) is 4. The third-order valence-electron chi connectivity index (χ3n) is 5.10. The molecular formula is C22H12N2O4. The van der Waals surface area contributed by atoms with E-state index in [-0.39, 0.29) is 17.0 Å². The predicted octanol–water partition coefficient (Wildman–Crippen LogP) is 4.31. The highest BCUT2D eigenvalue weighted by Gasteiger charge is 2.28. The second-order valence-corrected chi connectivity index (χ2v) is 6.61. The van der Waals surface area contributed by atoms with Crippen LogP contribution < -0.4 is 5.56 Å². The van der Waals surface area contributed by atoms with Crippen LogP contribution in [0.25, 0.3) is 33.2 Å². The molecule has 0 saturated carbocycles. The SMILES string of the molecule is O=C1c2ccccc2-c2c(-c3ccc([N+](=O)[O-])cc3)[nH]c(=O)c3cccc1c23. The first-order chi connectivity index (χ1) is 13.6. The van der Waals surface area contributed by atoms with E-state index in [0.717, 1.165) is 11.1 Å². The number of ketones is 1. The Labute approximate surface area is 158 Å². The van der Waals surface area contributed by atoms with Crippen molar-refractivity contribution >= 4 is 22.2 Å². The topological polar surface area (TPSA) is 93.1 Å². The fourth-order valence-corrected chi connectivity index (χ4v) is 3.85. The van der Waals surface area contributed by atoms with Gasteiger partial charge in [0.1, 0.15) is 0 Å². The number of nitrogens with zero attached hydrogens (tertiary/aromatic N) is 1. The van der Waals surface area contributed by atoms with Gasteiger partial charge in [-0.15, -0.1) is 0 Å². The van der Waals surface area contributed by atoms with Crippen LogP contribution in [0.3, 0.4) is 0 Å². The molecule has 0 atom stereocenters. The molecule has 0 radical (unpaired) electrons. The van der Waals surface area contributed by atoms with Gasteiger partial charge < -0.3 is 4.98 Å². The van der Waals surface area contributed by atoms with Crippen molar-refractivity contribution in [3.05, 3.63) is 98.3 Å². The monoisotopic (exact) mass is 368 g/mol. The van der Waals surface area contributed by atoms with Crippen molar-refractivity contribution in [1.29, 1.82) is 0 Å². The standard InChI is InChI=1S/C22H12N2O4/c25-21-15-5-2-1-4-14(15)19-18-16(21)6-3-7-17(18)22(26)23-20(19)12-8-10-13(11-9-12)24(27)28/h1-11H,(H,23,26). The summed E-state index contributed by atoms with van der Waals surface area (Å²) in [5, 5.41) is 12.0. The second-order valence-electron chi connectivity index (χ2n) is 6.61. The van der Waals surface area contributed by atoms with Crippen molar-refractivity contribution in [3.63, 3.8) is 0 Å². The Bertz CT molecular complexity index is 1370. The third-order valence-corrected chi connectivity index (χ3v) is 5.10. The molecular weight excluding hydrogens is 356 g/mol. The first-order valence-electron chi connectivity index (χ1n) is 8.64. The summed E-state index contributed by atoms with van der Waals surface area (Å²) in [4.78, 5) is 39.1. The fourth-order valence-electron chi connectivity index (χ4n) is 3.85. The maximum atomic E-state index is 13.0. The number of carbonyl (C=O) groups is 1. The van der Waals surface area contributed by atoms with Crippen molar-refractivity contribution < 1.29 is 9.72 Å². The predicted molar refractivity (Wildman–Crippen MR) is 106 cm³/mol. The van der Waals surface area contributed by atoms with Gasteiger partial charge in [-0.05, 0) is 29.3 Å². The molecule has 1 aromatic heterocycles. The number of hydrogen-bond donors (Lipinski definition) is 1. The maximum Gasteiger partial charge on any atom is 0.269 e. The zero-order chi connectivity index (χ0) is 19.4. The van der Waals surface area contributed by atoms with Gasteiger partial charge in [-0.2, -0.15) is 0 Å². The Morgan fingerprint density at radius 3 is 2.18 bits per heavy atom. The summed E-state index contributed by atoms with van der Waals surface area (Å²) in [6, 6.07) is 18.4. The van der Waals surface area contributed by atoms with Crippen LogP contribution in [0.4, 0.5) is 5.69 Å². The van der Waals surface area contributed by atoms with E-state index in [9.17, 15) is 19.7 Å². The molecule has 0 spiro atoms. The number of aromatic nitrogens is 1. The smallest absolute Gasteiger partial charge is 0.269 e. The molecule has 3 aromatic carbocycles. The molecule has 0 bridgehead atoms. The van der Waals surface area contributed by atoms with Crippen LogP contribution in [-0.2, 0) is 0 Å². The second kappa shape index (κ2) is 5.72. The van der Waals surface area contributed by atoms with E-state index in [2.05, 4.69) is 4.98 Å². The average molecular weight is 368 g/mol. The highest BCUT2D eigenvalue weighted by atomic mass is 16.6. The molecule has 5 rings (SSSR count). The van der Waals surface area contributed by atoms with Crippen molar-refractivity contribution in [2.75, 3.05) is 0 Å². The van der Waals surface area contributed by atoms with Crippen LogP contribution >= 0.6 is 0 Å². The highest BCUT2D eigenvalue weighted by Crippen LogP contribution is 2.42. The molecule has 6 heteroatoms. The number of rotatable bonds is 2. The summed E-state index contributed by atoms with van der Waals surface area (Å²) in [7, 11) is 0. The molecule has 28 heavy (non-hydrogen) atoms. The number of nitro groups is 1. The molecule has 6 nitrogen and oxygen atoms in total. The number of nitrogens with one attached hydrogen (secondary N) is 1. The summed E-state index contributed by atoms with van der Waals surface area (Å²) >= 11 is 0. The van der Waals surface area contributed by atoms with E-state index in [0.29, 0.717) is 33.2 Å². The van der Waals surface area contributed by atoms with Crippen molar-refractivity contribution in [1.82, 2.24) is 4.98 Å². The van der Waals surface area contributed by atoms with Crippen molar-refractivity contribution in [3.8, 4) is 22.4 Å². The van der Waals surface area contributed by atoms with E-state index in [1.54, 1.807) is 42.5 Å². The molecule has 0 saturated heterocycles. The number of fused-ring (bicyclic) bond motifs is 2. The quantitative estimate of drug-likeness (QED) is 0.371. The number of benzene rings is 3. The van der Waals surface area contributed by atoms with E-state index >= 15 is 0 Å². The van der Waals surface area contributed by atoms with Gasteiger partial charge in [-0.25, -0.2) is 0 Å². The molecule has 1 heterocycles. The molecule has 4 aromatic rings. The maximum absolute atomic E-state index is 13.0. The highest BCUT2D eigenvalue weighted by molar-refractivity contribution is 6.27. The number of non-ortho nitro benzene ring substituents is 1. The minimum atomic E-state index is -0.469. The molecule has 134 valence electrons. The van der Waals surface area contributed by atoms with E-state index in [4.69, 9.17) is 0 Å². The van der Waals surface area contributed by atoms with Gasteiger partial charge in [0.2, 0.25) is 0 Å². The third kappa shape index (κ3) is 2.15. The number of H-pyrrole nitrogens is 1. The summed E-state index contributed by atoms with van der Waals surface area (Å²) < 4.78 is 0. The number of carbonyl (C=O) groups excluding carboxylic acids is 1. The van der Waals surface area contributed by atoms with Crippen LogP contribution in [0.2, 0.25) is 0 Å². The van der Waals surface area contributed by atoms with Gasteiger partial charge in [0.15, 0.2) is 5.78 Å². The average Bonchev–Trinajstić information content (AvgIpc) is 2.72. The Morgan fingerprint density at radius 1 is 0.786 bits per heavy atom. The Kier molecular flexibility index (Phi) is 3.30. The lowest BCUT2D eigenvalue weighted by atomic mass is 9.81. The van der Waals surface area contributed by atoms with Crippen LogP contribution in [-0.4, -0.2) is 15.7 Å². The summed E-state index contributed by atoms with van der Waals surface area (Å²) in [5.41, 5.74) is 3.39. The van der Waals surface area contributed by atoms with E-state index in [1.807, 2.05) is 12.1 Å². The minimum Gasteiger partial charge on any atom is -0.321 e. The number of aromatic amines is 1. The Morgan fingerprint density at radius 2 is 1.46 bits per heavy atom. The van der Waals surface area contributed by atoms with Crippen LogP contribution in [0, 0.1) is 10.1 Å². The van der Waals surface area contributed by atoms with Crippen molar-refractivity contribution in [2.45, 2.75) is 0 Å². The van der Waals surface area contributed by atoms with E-state index < -0.39 is 4.92 Å². The minimum absolute atomic E-state index is 0.0307. The van der Waals surface area contributed by atoms with Gasteiger partial charge in [0, 0.05) is 39.6 Å². The van der Waals surface area contributed by atoms with Gasteiger partial charge in [-0.1, -0.05) is 36.4 Å². The zero-order valence-electron chi connectivity index (χ0n) is 14.4. The van der Waals surface area contributed by atoms with E-state index in [1.165, 1.54) is 12.1 Å². The molecule has 0 unspecified atom stereocenters. The van der Waals surface area contributed by atoms with Crippen LogP contribution in [0.15, 0.2) is 71.5 Å². The summed E-state index contributed by atoms with van der Waals surface area (Å²) in [5.74, 6) is -0.117. The Hall–Kier alpha value is -4.06. The van der Waals surface area contributed by atoms with Crippen LogP contribution in [0.1, 0.15) is 15.9 Å². The lowest BCUT2D eigenvalue weighted by molar-refractivity contribution is -0.384. The molecule has 1 aliphatic rings. The fraction of sp³-hybridized carbons (Fsp3) is 0. The zero-order valence-corrected chi connectivity index (χ0v) is 14.4. The molecule has 1 N–H and O–H groups in total. The van der Waals surface area contributed by atoms with Crippen molar-refractivity contribution in [2.24, 2.45) is 0 Å². The van der Waals surface area contributed by atoms with Gasteiger partial charge in [0.25, 0.3) is 11.2 Å². The molecule has 0 aliphatic heterocycles. The summed E-state index contributed by atoms with van der Waals surface area (Å²) in [6.45, 7) is 0.